The molecule has 0 unspecified atom stereocenters. The highest BCUT2D eigenvalue weighted by Gasteiger charge is 2.22. The summed E-state index contributed by atoms with van der Waals surface area (Å²) < 4.78 is 0. The quantitative estimate of drug-likeness (QED) is 0.745. The van der Waals surface area contributed by atoms with Gasteiger partial charge in [-0.1, -0.05) is 32.0 Å². The number of thiocarbonyl (C=S) groups is 1. The van der Waals surface area contributed by atoms with Crippen LogP contribution in [0.3, 0.4) is 0 Å². The molecule has 86 valence electrons. The van der Waals surface area contributed by atoms with Crippen molar-refractivity contribution in [2.24, 2.45) is 11.7 Å². The molecular weight excluding hydrogens is 208 g/mol. The minimum absolute atomic E-state index is 0.0949. The van der Waals surface area contributed by atoms with Gasteiger partial charge in [0.2, 0.25) is 5.91 Å². The highest BCUT2D eigenvalue weighted by atomic mass is 32.1. The largest absolute Gasteiger partial charge is 0.393 e. The van der Waals surface area contributed by atoms with Gasteiger partial charge in [0.25, 0.3) is 0 Å². The van der Waals surface area contributed by atoms with Crippen molar-refractivity contribution in [3.63, 3.8) is 0 Å². The van der Waals surface area contributed by atoms with Crippen LogP contribution in [-0.4, -0.2) is 28.9 Å². The Bertz CT molecular complexity index is 235. The molecule has 1 saturated heterocycles. The van der Waals surface area contributed by atoms with Gasteiger partial charge >= 0.3 is 0 Å². The minimum Gasteiger partial charge on any atom is -0.393 e. The second-order valence-electron chi connectivity index (χ2n) is 4.26. The summed E-state index contributed by atoms with van der Waals surface area (Å²) in [5, 5.41) is 0. The number of nitrogens with two attached hydrogens (primary N) is 1. The summed E-state index contributed by atoms with van der Waals surface area (Å²) in [6.07, 6.45) is 5.03. The van der Waals surface area contributed by atoms with Crippen LogP contribution in [-0.2, 0) is 4.79 Å². The molecule has 0 spiro atoms. The van der Waals surface area contributed by atoms with Crippen LogP contribution >= 0.6 is 12.2 Å². The van der Waals surface area contributed by atoms with Gasteiger partial charge in [-0.2, -0.15) is 0 Å². The van der Waals surface area contributed by atoms with E-state index in [0.717, 1.165) is 31.8 Å². The monoisotopic (exact) mass is 228 g/mol. The van der Waals surface area contributed by atoms with Crippen molar-refractivity contribution in [2.75, 3.05) is 13.1 Å². The zero-order valence-corrected chi connectivity index (χ0v) is 10.2. The normalized spacial score (nSPS) is 17.8. The lowest BCUT2D eigenvalue weighted by molar-refractivity contribution is -0.131. The first kappa shape index (κ1) is 12.4. The fraction of sp³-hybridized carbons (Fsp3) is 0.818. The van der Waals surface area contributed by atoms with Crippen molar-refractivity contribution < 1.29 is 4.79 Å². The molecule has 1 fully saturated rings. The third kappa shape index (κ3) is 4.16. The number of amides is 1. The van der Waals surface area contributed by atoms with Crippen molar-refractivity contribution in [3.8, 4) is 0 Å². The number of nitrogens with zero attached hydrogens (tertiary/aromatic N) is 1. The van der Waals surface area contributed by atoms with Gasteiger partial charge in [-0.05, 0) is 18.8 Å². The number of likely N-dealkylation sites (tertiary alicyclic amines) is 1. The number of piperidine rings is 1. The Morgan fingerprint density at radius 2 is 2.07 bits per heavy atom. The molecule has 1 rings (SSSR count). The van der Waals surface area contributed by atoms with Crippen LogP contribution in [0.15, 0.2) is 0 Å². The van der Waals surface area contributed by atoms with E-state index in [0.29, 0.717) is 4.99 Å². The van der Waals surface area contributed by atoms with Crippen LogP contribution < -0.4 is 5.73 Å². The van der Waals surface area contributed by atoms with Gasteiger partial charge in [0.15, 0.2) is 0 Å². The molecule has 2 N–H and O–H groups in total. The molecule has 0 aromatic carbocycles. The van der Waals surface area contributed by atoms with Crippen LogP contribution in [0.25, 0.3) is 0 Å². The van der Waals surface area contributed by atoms with E-state index in [4.69, 9.17) is 18.0 Å². The van der Waals surface area contributed by atoms with Crippen LogP contribution in [0.4, 0.5) is 0 Å². The fourth-order valence-electron chi connectivity index (χ4n) is 2.14. The van der Waals surface area contributed by atoms with E-state index in [2.05, 4.69) is 6.92 Å². The molecule has 3 nitrogen and oxygen atoms in total. The highest BCUT2D eigenvalue weighted by Crippen LogP contribution is 2.21. The van der Waals surface area contributed by atoms with Crippen molar-refractivity contribution in [1.82, 2.24) is 4.90 Å². The predicted molar refractivity (Wildman–Crippen MR) is 65.6 cm³/mol. The van der Waals surface area contributed by atoms with Gasteiger partial charge in [0.05, 0.1) is 11.4 Å². The maximum atomic E-state index is 11.6. The molecule has 1 aliphatic heterocycles. The number of carbonyl (C=O) groups excluding carboxylic acids is 1. The molecule has 1 amide bonds. The van der Waals surface area contributed by atoms with Gasteiger partial charge < -0.3 is 10.6 Å². The van der Waals surface area contributed by atoms with Gasteiger partial charge in [0.1, 0.15) is 0 Å². The van der Waals surface area contributed by atoms with Gasteiger partial charge in [-0.15, -0.1) is 0 Å². The molecule has 1 aliphatic rings. The molecule has 15 heavy (non-hydrogen) atoms. The van der Waals surface area contributed by atoms with Crippen LogP contribution in [0.1, 0.15) is 39.0 Å². The molecule has 0 saturated carbocycles. The van der Waals surface area contributed by atoms with Gasteiger partial charge in [0, 0.05) is 13.1 Å². The number of hydrogen-bond donors (Lipinski definition) is 1. The zero-order valence-electron chi connectivity index (χ0n) is 9.37. The topological polar surface area (TPSA) is 46.3 Å². The molecule has 0 atom stereocenters. The first-order valence-corrected chi connectivity index (χ1v) is 6.10. The lowest BCUT2D eigenvalue weighted by Gasteiger charge is -2.31. The third-order valence-electron chi connectivity index (χ3n) is 2.99. The Balaban J connectivity index is 2.30. The minimum atomic E-state index is 0.0949. The van der Waals surface area contributed by atoms with E-state index in [1.54, 1.807) is 0 Å². The smallest absolute Gasteiger partial charge is 0.229 e. The average Bonchev–Trinajstić information content (AvgIpc) is 2.18. The summed E-state index contributed by atoms with van der Waals surface area (Å²) >= 11 is 4.74. The van der Waals surface area contributed by atoms with E-state index < -0.39 is 0 Å². The predicted octanol–water partition coefficient (Wildman–Crippen LogP) is 1.70. The van der Waals surface area contributed by atoms with E-state index >= 15 is 0 Å². The summed E-state index contributed by atoms with van der Waals surface area (Å²) in [7, 11) is 0. The first-order valence-electron chi connectivity index (χ1n) is 5.69. The summed E-state index contributed by atoms with van der Waals surface area (Å²) in [6.45, 7) is 3.97. The second-order valence-corrected chi connectivity index (χ2v) is 4.78. The highest BCUT2D eigenvalue weighted by molar-refractivity contribution is 7.80. The summed E-state index contributed by atoms with van der Waals surface area (Å²) in [4.78, 5) is 13.8. The van der Waals surface area contributed by atoms with E-state index in [1.807, 2.05) is 4.90 Å². The Labute approximate surface area is 97.0 Å². The van der Waals surface area contributed by atoms with Crippen LogP contribution in [0.5, 0.6) is 0 Å². The lowest BCUT2D eigenvalue weighted by atomic mass is 9.92. The summed E-state index contributed by atoms with van der Waals surface area (Å²) in [6, 6.07) is 0. The van der Waals surface area contributed by atoms with E-state index in [9.17, 15) is 4.79 Å². The Hall–Kier alpha value is -0.640. The summed E-state index contributed by atoms with van der Waals surface area (Å²) in [5.74, 6) is 0.904. The van der Waals surface area contributed by atoms with Gasteiger partial charge in [-0.3, -0.25) is 4.79 Å². The van der Waals surface area contributed by atoms with Crippen molar-refractivity contribution in [3.05, 3.63) is 0 Å². The Kier molecular flexibility index (Phi) is 5.02. The SMILES string of the molecule is CCCC1CCN(C(=O)CC(N)=S)CC1. The molecule has 0 bridgehead atoms. The molecule has 0 aliphatic carbocycles. The zero-order chi connectivity index (χ0) is 11.3. The van der Waals surface area contributed by atoms with Crippen molar-refractivity contribution >= 4 is 23.1 Å². The second kappa shape index (κ2) is 6.05. The molecule has 0 aromatic rings. The van der Waals surface area contributed by atoms with Crippen LogP contribution in [0.2, 0.25) is 0 Å². The molecule has 4 heteroatoms. The first-order chi connectivity index (χ1) is 7.13. The lowest BCUT2D eigenvalue weighted by Crippen LogP contribution is -2.39. The van der Waals surface area contributed by atoms with Crippen LogP contribution in [0, 0.1) is 5.92 Å². The van der Waals surface area contributed by atoms with E-state index in [-0.39, 0.29) is 12.3 Å². The van der Waals surface area contributed by atoms with Gasteiger partial charge in [-0.25, -0.2) is 0 Å². The number of hydrogen-bond acceptors (Lipinski definition) is 2. The molecular formula is C11H20N2OS. The number of carbonyl (C=O) groups is 1. The maximum absolute atomic E-state index is 11.6. The molecule has 0 radical (unpaired) electrons. The number of rotatable bonds is 4. The van der Waals surface area contributed by atoms with Crippen molar-refractivity contribution in [1.29, 1.82) is 0 Å². The standard InChI is InChI=1S/C11H20N2OS/c1-2-3-9-4-6-13(7-5-9)11(14)8-10(12)15/h9H,2-8H2,1H3,(H2,12,15). The van der Waals surface area contributed by atoms with Crippen molar-refractivity contribution in [2.45, 2.75) is 39.0 Å². The Morgan fingerprint density at radius 3 is 2.53 bits per heavy atom. The molecule has 0 aromatic heterocycles. The average molecular weight is 228 g/mol. The summed E-state index contributed by atoms with van der Waals surface area (Å²) in [5.41, 5.74) is 5.36. The maximum Gasteiger partial charge on any atom is 0.229 e. The Morgan fingerprint density at radius 1 is 1.47 bits per heavy atom. The molecule has 1 heterocycles. The third-order valence-corrected chi connectivity index (χ3v) is 3.13. The van der Waals surface area contributed by atoms with E-state index in [1.165, 1.54) is 12.8 Å². The fourth-order valence-corrected chi connectivity index (χ4v) is 2.26.